The van der Waals surface area contributed by atoms with Crippen LogP contribution in [0.25, 0.3) is 82.8 Å². The van der Waals surface area contributed by atoms with Crippen LogP contribution in [0, 0.1) is 6.92 Å². The molecule has 290 valence electrons. The van der Waals surface area contributed by atoms with Gasteiger partial charge in [-0.15, -0.1) is 0 Å². The average Bonchev–Trinajstić information content (AvgIpc) is 3.92. The van der Waals surface area contributed by atoms with Gasteiger partial charge in [0.05, 0.1) is 22.1 Å². The normalized spacial score (nSPS) is 13.0. The zero-order valence-electron chi connectivity index (χ0n) is 34.4. The van der Waals surface area contributed by atoms with E-state index in [1.165, 1.54) is 77.6 Å². The van der Waals surface area contributed by atoms with Gasteiger partial charge in [-0.3, -0.25) is 0 Å². The first kappa shape index (κ1) is 35.3. The summed E-state index contributed by atoms with van der Waals surface area (Å²) in [6, 6.07) is 72.9. The highest BCUT2D eigenvalue weighted by molar-refractivity contribution is 6.14. The highest BCUT2D eigenvalue weighted by atomic mass is 16.3. The van der Waals surface area contributed by atoms with Crippen LogP contribution in [0.3, 0.4) is 0 Å². The number of hydrogen-bond donors (Lipinski definition) is 0. The number of nitrogens with zero attached hydrogens (tertiary/aromatic N) is 2. The SMILES string of the molecule is Cc1cc(-c2ccccc2)ccc1N(c1ccc(-c2ccc3c(c2)c2cc4c(cc2n3-c2ccccc2)C(C)(C)c2ccccc2-4)cc1)c1cccc2oc3ccccc3c12. The topological polar surface area (TPSA) is 21.3 Å². The highest BCUT2D eigenvalue weighted by Gasteiger charge is 2.36. The zero-order valence-corrected chi connectivity index (χ0v) is 34.4. The molecule has 61 heavy (non-hydrogen) atoms. The van der Waals surface area contributed by atoms with Crippen molar-refractivity contribution >= 4 is 60.8 Å². The van der Waals surface area contributed by atoms with Gasteiger partial charge in [0, 0.05) is 38.6 Å². The summed E-state index contributed by atoms with van der Waals surface area (Å²) in [6.45, 7) is 6.94. The predicted molar refractivity (Wildman–Crippen MR) is 256 cm³/mol. The third-order valence-electron chi connectivity index (χ3n) is 13.1. The molecular weight excluding hydrogens is 741 g/mol. The molecule has 0 spiro atoms. The van der Waals surface area contributed by atoms with Crippen LogP contribution in [0.1, 0.15) is 30.5 Å². The number of furan rings is 1. The van der Waals surface area contributed by atoms with Gasteiger partial charge < -0.3 is 13.9 Å². The molecule has 3 nitrogen and oxygen atoms in total. The van der Waals surface area contributed by atoms with Crippen molar-refractivity contribution in [1.82, 2.24) is 4.57 Å². The van der Waals surface area contributed by atoms with Crippen LogP contribution in [0.4, 0.5) is 17.1 Å². The molecule has 1 aliphatic carbocycles. The summed E-state index contributed by atoms with van der Waals surface area (Å²) >= 11 is 0. The number of aryl methyl sites for hydroxylation is 1. The van der Waals surface area contributed by atoms with Gasteiger partial charge >= 0.3 is 0 Å². The van der Waals surface area contributed by atoms with E-state index >= 15 is 0 Å². The smallest absolute Gasteiger partial charge is 0.137 e. The Labute approximate surface area is 355 Å². The van der Waals surface area contributed by atoms with Gasteiger partial charge in [-0.1, -0.05) is 135 Å². The number of anilines is 3. The average molecular weight is 783 g/mol. The Balaban J connectivity index is 1.02. The largest absolute Gasteiger partial charge is 0.456 e. The van der Waals surface area contributed by atoms with Crippen LogP contribution in [0.15, 0.2) is 205 Å². The van der Waals surface area contributed by atoms with E-state index in [1.54, 1.807) is 0 Å². The van der Waals surface area contributed by atoms with E-state index in [-0.39, 0.29) is 5.41 Å². The predicted octanol–water partition coefficient (Wildman–Crippen LogP) is 16.1. The maximum Gasteiger partial charge on any atom is 0.137 e. The molecule has 2 heterocycles. The summed E-state index contributed by atoms with van der Waals surface area (Å²) in [5.74, 6) is 0. The fourth-order valence-electron chi connectivity index (χ4n) is 10.1. The van der Waals surface area contributed by atoms with Crippen molar-refractivity contribution in [1.29, 1.82) is 0 Å². The first-order valence-electron chi connectivity index (χ1n) is 21.2. The fourth-order valence-corrected chi connectivity index (χ4v) is 10.1. The molecule has 0 atom stereocenters. The van der Waals surface area contributed by atoms with Crippen molar-refractivity contribution in [2.45, 2.75) is 26.2 Å². The lowest BCUT2D eigenvalue weighted by Gasteiger charge is -2.28. The third-order valence-corrected chi connectivity index (χ3v) is 13.1. The first-order valence-corrected chi connectivity index (χ1v) is 21.2. The zero-order chi connectivity index (χ0) is 40.8. The molecule has 0 N–H and O–H groups in total. The molecule has 0 aliphatic heterocycles. The standard InChI is InChI=1S/C58H42N2O/c1-37-33-40(38-15-6-4-7-16-38)27-31-51(37)59(53-22-14-24-56-57(53)45-20-11-13-23-55(45)61-56)43-29-25-39(26-30-43)41-28-32-52-47(34-41)48-35-46-44-19-10-12-21-49(44)58(2,3)50(46)36-54(48)60(52)42-17-8-5-9-18-42/h4-36H,1-3H3. The molecule has 12 rings (SSSR count). The maximum absolute atomic E-state index is 6.42. The Morgan fingerprint density at radius 2 is 1.10 bits per heavy atom. The van der Waals surface area contributed by atoms with Gasteiger partial charge in [0.15, 0.2) is 0 Å². The molecule has 0 bridgehead atoms. The van der Waals surface area contributed by atoms with E-state index in [1.807, 2.05) is 6.07 Å². The Hall–Kier alpha value is -7.62. The summed E-state index contributed by atoms with van der Waals surface area (Å²) in [4.78, 5) is 2.40. The van der Waals surface area contributed by atoms with E-state index < -0.39 is 0 Å². The molecular formula is C58H42N2O. The Bertz CT molecular complexity index is 3500. The van der Waals surface area contributed by atoms with Crippen LogP contribution in [0.5, 0.6) is 0 Å². The summed E-state index contributed by atoms with van der Waals surface area (Å²) in [7, 11) is 0. The molecule has 3 heteroatoms. The summed E-state index contributed by atoms with van der Waals surface area (Å²) in [5, 5.41) is 4.73. The monoisotopic (exact) mass is 782 g/mol. The fraction of sp³-hybridized carbons (Fsp3) is 0.0690. The van der Waals surface area contributed by atoms with Gasteiger partial charge in [0.2, 0.25) is 0 Å². The lowest BCUT2D eigenvalue weighted by Crippen LogP contribution is -2.14. The van der Waals surface area contributed by atoms with Gasteiger partial charge in [-0.25, -0.2) is 0 Å². The van der Waals surface area contributed by atoms with E-state index in [0.717, 1.165) is 39.0 Å². The van der Waals surface area contributed by atoms with E-state index in [4.69, 9.17) is 4.42 Å². The minimum absolute atomic E-state index is 0.0857. The lowest BCUT2D eigenvalue weighted by atomic mass is 9.82. The van der Waals surface area contributed by atoms with E-state index in [0.29, 0.717) is 0 Å². The Kier molecular flexibility index (Phi) is 7.79. The van der Waals surface area contributed by atoms with Crippen LogP contribution in [0.2, 0.25) is 0 Å². The van der Waals surface area contributed by atoms with Crippen LogP contribution in [-0.4, -0.2) is 4.57 Å². The number of benzene rings is 9. The van der Waals surface area contributed by atoms with Gasteiger partial charge in [0.1, 0.15) is 11.2 Å². The van der Waals surface area contributed by atoms with Crippen molar-refractivity contribution in [2.75, 3.05) is 4.90 Å². The van der Waals surface area contributed by atoms with Crippen molar-refractivity contribution < 1.29 is 4.42 Å². The van der Waals surface area contributed by atoms with Crippen LogP contribution in [-0.2, 0) is 5.41 Å². The second-order valence-corrected chi connectivity index (χ2v) is 17.0. The minimum atomic E-state index is -0.0857. The van der Waals surface area contributed by atoms with Crippen molar-refractivity contribution in [3.8, 4) is 39.1 Å². The van der Waals surface area contributed by atoms with E-state index in [9.17, 15) is 0 Å². The lowest BCUT2D eigenvalue weighted by molar-refractivity contribution is 0.661. The van der Waals surface area contributed by atoms with E-state index in [2.05, 4.69) is 224 Å². The highest BCUT2D eigenvalue weighted by Crippen LogP contribution is 2.51. The van der Waals surface area contributed by atoms with Crippen molar-refractivity contribution in [3.63, 3.8) is 0 Å². The number of rotatable bonds is 6. The van der Waals surface area contributed by atoms with Crippen LogP contribution >= 0.6 is 0 Å². The molecule has 0 saturated heterocycles. The quantitative estimate of drug-likeness (QED) is 0.168. The van der Waals surface area contributed by atoms with Gasteiger partial charge in [-0.05, 0) is 136 Å². The second kappa shape index (κ2) is 13.5. The summed E-state index contributed by atoms with van der Waals surface area (Å²) < 4.78 is 8.86. The van der Waals surface area contributed by atoms with Crippen molar-refractivity contribution in [2.24, 2.45) is 0 Å². The number of fused-ring (bicyclic) bond motifs is 9. The molecule has 11 aromatic rings. The van der Waals surface area contributed by atoms with Gasteiger partial charge in [0.25, 0.3) is 0 Å². The molecule has 0 amide bonds. The maximum atomic E-state index is 6.42. The van der Waals surface area contributed by atoms with Crippen molar-refractivity contribution in [3.05, 3.63) is 217 Å². The summed E-state index contributed by atoms with van der Waals surface area (Å²) in [6.07, 6.45) is 0. The third kappa shape index (κ3) is 5.44. The number of para-hydroxylation sites is 2. The minimum Gasteiger partial charge on any atom is -0.456 e. The van der Waals surface area contributed by atoms with Gasteiger partial charge in [-0.2, -0.15) is 0 Å². The van der Waals surface area contributed by atoms with Crippen LogP contribution < -0.4 is 4.90 Å². The molecule has 1 aliphatic rings. The first-order chi connectivity index (χ1) is 29.9. The Morgan fingerprint density at radius 3 is 1.92 bits per heavy atom. The second-order valence-electron chi connectivity index (χ2n) is 17.0. The number of hydrogen-bond acceptors (Lipinski definition) is 2. The molecule has 2 aromatic heterocycles. The molecule has 0 radical (unpaired) electrons. The molecule has 0 unspecified atom stereocenters. The molecule has 9 aromatic carbocycles. The summed E-state index contributed by atoms with van der Waals surface area (Å²) in [5.41, 5.74) is 20.0. The Morgan fingerprint density at radius 1 is 0.443 bits per heavy atom. The molecule has 0 saturated carbocycles. The molecule has 0 fully saturated rings. The number of aromatic nitrogens is 1.